The Bertz CT molecular complexity index is 684. The lowest BCUT2D eigenvalue weighted by Gasteiger charge is -2.30. The van der Waals surface area contributed by atoms with Crippen molar-refractivity contribution in [1.29, 1.82) is 0 Å². The van der Waals surface area contributed by atoms with Gasteiger partial charge in [-0.1, -0.05) is 0 Å². The smallest absolute Gasteiger partial charge is 0.317 e. The van der Waals surface area contributed by atoms with E-state index in [-0.39, 0.29) is 25.9 Å². The van der Waals surface area contributed by atoms with Crippen LogP contribution in [0.1, 0.15) is 18.4 Å². The number of piperidine rings is 1. The van der Waals surface area contributed by atoms with E-state index in [9.17, 15) is 30.4 Å². The molecule has 1 aromatic rings. The van der Waals surface area contributed by atoms with Gasteiger partial charge in [0.05, 0.1) is 10.5 Å². The first kappa shape index (κ1) is 18.6. The summed E-state index contributed by atoms with van der Waals surface area (Å²) in [6.07, 6.45) is -4.74. The van der Waals surface area contributed by atoms with Gasteiger partial charge in [0.2, 0.25) is 9.84 Å². The standard InChI is InChI=1S/C13H13BrF5NO2S/c14-10-7-9(12(15,16)17)1-2-11(10)23(21,22)13(18,19)8-3-5-20-6-4-8/h1-2,7-8,20H,3-6H2. The van der Waals surface area contributed by atoms with Gasteiger partial charge in [-0.05, 0) is 60.1 Å². The molecular weight excluding hydrogens is 409 g/mol. The molecule has 0 spiro atoms. The molecule has 1 heterocycles. The van der Waals surface area contributed by atoms with Crippen molar-refractivity contribution in [2.45, 2.75) is 29.2 Å². The lowest BCUT2D eigenvalue weighted by Crippen LogP contribution is -2.43. The summed E-state index contributed by atoms with van der Waals surface area (Å²) in [5.41, 5.74) is -1.12. The second kappa shape index (κ2) is 6.29. The zero-order valence-corrected chi connectivity index (χ0v) is 14.0. The molecule has 130 valence electrons. The van der Waals surface area contributed by atoms with Crippen LogP contribution in [0.2, 0.25) is 0 Å². The fourth-order valence-corrected chi connectivity index (χ4v) is 4.97. The van der Waals surface area contributed by atoms with Crippen molar-refractivity contribution in [2.75, 3.05) is 13.1 Å². The molecule has 1 fully saturated rings. The first-order chi connectivity index (χ1) is 10.5. The fourth-order valence-electron chi connectivity index (χ4n) is 2.42. The second-order valence-electron chi connectivity index (χ2n) is 5.23. The van der Waals surface area contributed by atoms with Crippen LogP contribution < -0.4 is 5.32 Å². The summed E-state index contributed by atoms with van der Waals surface area (Å²) >= 11 is 2.67. The van der Waals surface area contributed by atoms with Gasteiger partial charge in [-0.15, -0.1) is 0 Å². The SMILES string of the molecule is O=S(=O)(c1ccc(C(F)(F)F)cc1Br)C(F)(F)C1CCNCC1. The minimum atomic E-state index is -5.11. The van der Waals surface area contributed by atoms with Crippen molar-refractivity contribution in [1.82, 2.24) is 5.32 Å². The third-order valence-electron chi connectivity index (χ3n) is 3.72. The van der Waals surface area contributed by atoms with Crippen molar-refractivity contribution >= 4 is 25.8 Å². The van der Waals surface area contributed by atoms with Gasteiger partial charge >= 0.3 is 11.4 Å². The van der Waals surface area contributed by atoms with E-state index < -0.39 is 42.1 Å². The summed E-state index contributed by atoms with van der Waals surface area (Å²) < 4.78 is 90.6. The monoisotopic (exact) mass is 421 g/mol. The van der Waals surface area contributed by atoms with E-state index in [4.69, 9.17) is 0 Å². The van der Waals surface area contributed by atoms with Crippen LogP contribution in [0.25, 0.3) is 0 Å². The highest BCUT2D eigenvalue weighted by Crippen LogP contribution is 2.43. The van der Waals surface area contributed by atoms with Crippen LogP contribution in [0.3, 0.4) is 0 Å². The topological polar surface area (TPSA) is 46.2 Å². The van der Waals surface area contributed by atoms with E-state index in [0.717, 1.165) is 0 Å². The third-order valence-corrected chi connectivity index (χ3v) is 6.62. The minimum Gasteiger partial charge on any atom is -0.317 e. The molecule has 0 saturated carbocycles. The van der Waals surface area contributed by atoms with Crippen LogP contribution >= 0.6 is 15.9 Å². The summed E-state index contributed by atoms with van der Waals surface area (Å²) in [6, 6.07) is 1.54. The summed E-state index contributed by atoms with van der Waals surface area (Å²) in [5.74, 6) is -1.37. The first-order valence-electron chi connectivity index (χ1n) is 6.68. The molecule has 0 unspecified atom stereocenters. The van der Waals surface area contributed by atoms with Gasteiger partial charge in [0.1, 0.15) is 0 Å². The van der Waals surface area contributed by atoms with Crippen molar-refractivity contribution < 1.29 is 30.4 Å². The number of nitrogens with one attached hydrogen (secondary N) is 1. The molecule has 1 aromatic carbocycles. The Morgan fingerprint density at radius 3 is 2.13 bits per heavy atom. The van der Waals surface area contributed by atoms with Crippen LogP contribution in [0.15, 0.2) is 27.6 Å². The molecule has 0 aromatic heterocycles. The van der Waals surface area contributed by atoms with Crippen molar-refractivity contribution in [3.8, 4) is 0 Å². The van der Waals surface area contributed by atoms with E-state index in [2.05, 4.69) is 21.2 Å². The molecule has 1 N–H and O–H groups in total. The van der Waals surface area contributed by atoms with E-state index in [1.54, 1.807) is 0 Å². The average Bonchev–Trinajstić information content (AvgIpc) is 2.46. The first-order valence-corrected chi connectivity index (χ1v) is 8.95. The Balaban J connectivity index is 2.43. The normalized spacial score (nSPS) is 18.2. The van der Waals surface area contributed by atoms with Gasteiger partial charge in [-0.25, -0.2) is 8.42 Å². The summed E-state index contributed by atoms with van der Waals surface area (Å²) in [4.78, 5) is -0.839. The molecule has 2 rings (SSSR count). The maximum Gasteiger partial charge on any atom is 0.416 e. The van der Waals surface area contributed by atoms with Crippen molar-refractivity contribution in [2.24, 2.45) is 5.92 Å². The lowest BCUT2D eigenvalue weighted by molar-refractivity contribution is -0.137. The molecule has 1 aliphatic rings. The molecule has 0 bridgehead atoms. The van der Waals surface area contributed by atoms with Gasteiger partial charge in [-0.3, -0.25) is 0 Å². The summed E-state index contributed by atoms with van der Waals surface area (Å²) in [7, 11) is -5.11. The number of alkyl halides is 5. The molecule has 1 aliphatic heterocycles. The number of benzene rings is 1. The molecule has 3 nitrogen and oxygen atoms in total. The zero-order valence-electron chi connectivity index (χ0n) is 11.6. The van der Waals surface area contributed by atoms with Crippen LogP contribution in [-0.2, 0) is 16.0 Å². The molecule has 10 heteroatoms. The van der Waals surface area contributed by atoms with Crippen molar-refractivity contribution in [3.63, 3.8) is 0 Å². The highest BCUT2D eigenvalue weighted by molar-refractivity contribution is 9.10. The highest BCUT2D eigenvalue weighted by atomic mass is 79.9. The Labute approximate surface area is 138 Å². The Kier molecular flexibility index (Phi) is 5.08. The fraction of sp³-hybridized carbons (Fsp3) is 0.538. The van der Waals surface area contributed by atoms with Crippen LogP contribution in [0.4, 0.5) is 22.0 Å². The van der Waals surface area contributed by atoms with Crippen LogP contribution in [0.5, 0.6) is 0 Å². The molecule has 0 amide bonds. The second-order valence-corrected chi connectivity index (χ2v) is 8.08. The Morgan fingerprint density at radius 1 is 1.09 bits per heavy atom. The lowest BCUT2D eigenvalue weighted by atomic mass is 9.99. The number of hydrogen-bond donors (Lipinski definition) is 1. The van der Waals surface area contributed by atoms with Gasteiger partial charge in [0, 0.05) is 10.4 Å². The maximum atomic E-state index is 14.4. The predicted octanol–water partition coefficient (Wildman–Crippen LogP) is 3.83. The maximum absolute atomic E-state index is 14.4. The number of rotatable bonds is 3. The molecular formula is C13H13BrF5NO2S. The summed E-state index contributed by atoms with van der Waals surface area (Å²) in [5, 5.41) is -1.19. The van der Waals surface area contributed by atoms with E-state index in [1.807, 2.05) is 0 Å². The van der Waals surface area contributed by atoms with Crippen LogP contribution in [-0.4, -0.2) is 26.8 Å². The third kappa shape index (κ3) is 3.53. The molecule has 1 saturated heterocycles. The van der Waals surface area contributed by atoms with E-state index >= 15 is 0 Å². The largest absolute Gasteiger partial charge is 0.416 e. The highest BCUT2D eigenvalue weighted by Gasteiger charge is 2.53. The van der Waals surface area contributed by atoms with Gasteiger partial charge in [0.15, 0.2) is 0 Å². The quantitative estimate of drug-likeness (QED) is 0.754. The van der Waals surface area contributed by atoms with Crippen LogP contribution in [0, 0.1) is 5.92 Å². The predicted molar refractivity (Wildman–Crippen MR) is 76.9 cm³/mol. The molecule has 0 radical (unpaired) electrons. The zero-order chi connectivity index (χ0) is 17.5. The molecule has 0 aliphatic carbocycles. The number of sulfone groups is 1. The van der Waals surface area contributed by atoms with Gasteiger partial charge in [0.25, 0.3) is 0 Å². The Hall–Kier alpha value is -0.740. The average molecular weight is 422 g/mol. The molecule has 0 atom stereocenters. The number of hydrogen-bond acceptors (Lipinski definition) is 3. The van der Waals surface area contributed by atoms with Crippen molar-refractivity contribution in [3.05, 3.63) is 28.2 Å². The summed E-state index contributed by atoms with van der Waals surface area (Å²) in [6.45, 7) is 0.536. The van der Waals surface area contributed by atoms with E-state index in [1.165, 1.54) is 0 Å². The molecule has 23 heavy (non-hydrogen) atoms. The van der Waals surface area contributed by atoms with Gasteiger partial charge in [-0.2, -0.15) is 22.0 Å². The number of halogens is 6. The van der Waals surface area contributed by atoms with Gasteiger partial charge < -0.3 is 5.32 Å². The Morgan fingerprint density at radius 2 is 1.65 bits per heavy atom. The van der Waals surface area contributed by atoms with E-state index in [0.29, 0.717) is 18.2 Å². The minimum absolute atomic E-state index is 0.0233.